The van der Waals surface area contributed by atoms with Crippen LogP contribution in [0.25, 0.3) is 0 Å². The molecule has 0 aliphatic carbocycles. The van der Waals surface area contributed by atoms with Crippen molar-refractivity contribution in [3.8, 4) is 0 Å². The van der Waals surface area contributed by atoms with E-state index in [0.717, 1.165) is 37.7 Å². The first-order valence-electron chi connectivity index (χ1n) is 7.94. The Hall–Kier alpha value is -1.56. The molecule has 0 aromatic carbocycles. The molecule has 1 rings (SSSR count). The van der Waals surface area contributed by atoms with Crippen LogP contribution in [-0.2, 0) is 16.7 Å². The fraction of sp³-hybridized carbons (Fsp3) is 0.750. The van der Waals surface area contributed by atoms with Gasteiger partial charge in [-0.05, 0) is 6.42 Å². The van der Waals surface area contributed by atoms with Gasteiger partial charge >= 0.3 is 0 Å². The van der Waals surface area contributed by atoms with E-state index in [4.69, 9.17) is 9.15 Å². The lowest BCUT2D eigenvalue weighted by Crippen LogP contribution is -2.38. The van der Waals surface area contributed by atoms with Gasteiger partial charge in [0.2, 0.25) is 5.89 Å². The van der Waals surface area contributed by atoms with Gasteiger partial charge in [-0.1, -0.05) is 34.1 Å². The quantitative estimate of drug-likeness (QED) is 0.438. The van der Waals surface area contributed by atoms with Crippen molar-refractivity contribution in [2.75, 3.05) is 26.8 Å². The first kappa shape index (κ1) is 18.5. The summed E-state index contributed by atoms with van der Waals surface area (Å²) in [6, 6.07) is 0. The molecular weight excluding hydrogens is 280 g/mol. The maximum absolute atomic E-state index is 5.73. The van der Waals surface area contributed by atoms with Crippen LogP contribution in [0.3, 0.4) is 0 Å². The van der Waals surface area contributed by atoms with Crippen LogP contribution in [0.5, 0.6) is 0 Å². The van der Waals surface area contributed by atoms with E-state index in [0.29, 0.717) is 19.0 Å². The van der Waals surface area contributed by atoms with E-state index >= 15 is 0 Å². The lowest BCUT2D eigenvalue weighted by atomic mass is 9.94. The minimum atomic E-state index is -0.0268. The van der Waals surface area contributed by atoms with Crippen LogP contribution < -0.4 is 10.6 Å². The number of unbranched alkanes of at least 4 members (excludes halogenated alkanes) is 1. The van der Waals surface area contributed by atoms with Gasteiger partial charge in [-0.3, -0.25) is 4.99 Å². The van der Waals surface area contributed by atoms with Crippen molar-refractivity contribution in [2.24, 2.45) is 4.99 Å². The third-order valence-electron chi connectivity index (χ3n) is 3.10. The molecule has 6 nitrogen and oxygen atoms in total. The van der Waals surface area contributed by atoms with Gasteiger partial charge in [-0.15, -0.1) is 0 Å². The van der Waals surface area contributed by atoms with Crippen LogP contribution in [0.2, 0.25) is 0 Å². The highest BCUT2D eigenvalue weighted by Crippen LogP contribution is 2.22. The number of guanidine groups is 1. The van der Waals surface area contributed by atoms with Crippen LogP contribution >= 0.6 is 0 Å². The molecule has 0 saturated carbocycles. The van der Waals surface area contributed by atoms with E-state index < -0.39 is 0 Å². The number of aliphatic imine (C=N–C) groups is 1. The van der Waals surface area contributed by atoms with Gasteiger partial charge in [-0.25, -0.2) is 4.98 Å². The number of nitrogens with zero attached hydrogens (tertiary/aromatic N) is 2. The van der Waals surface area contributed by atoms with Crippen LogP contribution in [0.1, 0.15) is 52.2 Å². The van der Waals surface area contributed by atoms with Gasteiger partial charge in [0.25, 0.3) is 0 Å². The lowest BCUT2D eigenvalue weighted by molar-refractivity contribution is 0.136. The number of ether oxygens (including phenoxy) is 1. The Kier molecular flexibility index (Phi) is 7.95. The first-order valence-corrected chi connectivity index (χ1v) is 7.94. The normalized spacial score (nSPS) is 12.5. The largest absolute Gasteiger partial charge is 0.443 e. The highest BCUT2D eigenvalue weighted by atomic mass is 16.5. The highest BCUT2D eigenvalue weighted by Gasteiger charge is 2.19. The minimum absolute atomic E-state index is 0.0268. The van der Waals surface area contributed by atoms with E-state index in [9.17, 15) is 0 Å². The average molecular weight is 310 g/mol. The predicted octanol–water partition coefficient (Wildman–Crippen LogP) is 2.45. The van der Waals surface area contributed by atoms with Crippen molar-refractivity contribution >= 4 is 5.96 Å². The third kappa shape index (κ3) is 6.93. The van der Waals surface area contributed by atoms with Crippen LogP contribution in [0.15, 0.2) is 15.6 Å². The Morgan fingerprint density at radius 3 is 2.68 bits per heavy atom. The number of hydrogen-bond donors (Lipinski definition) is 2. The van der Waals surface area contributed by atoms with Crippen molar-refractivity contribution in [2.45, 2.75) is 52.5 Å². The summed E-state index contributed by atoms with van der Waals surface area (Å²) < 4.78 is 11.2. The van der Waals surface area contributed by atoms with Crippen LogP contribution in [-0.4, -0.2) is 37.7 Å². The lowest BCUT2D eigenvalue weighted by Gasteiger charge is -2.13. The highest BCUT2D eigenvalue weighted by molar-refractivity contribution is 5.79. The zero-order valence-electron chi connectivity index (χ0n) is 14.5. The Bertz CT molecular complexity index is 449. The summed E-state index contributed by atoms with van der Waals surface area (Å²) in [7, 11) is 1.74. The smallest absolute Gasteiger partial charge is 0.213 e. The zero-order valence-corrected chi connectivity index (χ0v) is 14.5. The van der Waals surface area contributed by atoms with Crippen molar-refractivity contribution in [1.82, 2.24) is 15.6 Å². The molecule has 6 heteroatoms. The Balaban J connectivity index is 2.28. The fourth-order valence-electron chi connectivity index (χ4n) is 1.71. The van der Waals surface area contributed by atoms with Crippen molar-refractivity contribution < 1.29 is 9.15 Å². The monoisotopic (exact) mass is 310 g/mol. The molecule has 0 spiro atoms. The molecule has 0 aliphatic rings. The molecule has 2 N–H and O–H groups in total. The molecule has 0 unspecified atom stereocenters. The molecular formula is C16H30N4O2. The SMILES string of the molecule is CCCCOCCNC(=NC)NCc1ncc(C(C)(C)C)o1. The summed E-state index contributed by atoms with van der Waals surface area (Å²) in [5.74, 6) is 2.26. The number of oxazole rings is 1. The van der Waals surface area contributed by atoms with Crippen LogP contribution in [0.4, 0.5) is 0 Å². The maximum atomic E-state index is 5.73. The van der Waals surface area contributed by atoms with Crippen LogP contribution in [0, 0.1) is 0 Å². The molecule has 0 saturated heterocycles. The van der Waals surface area contributed by atoms with Crippen molar-refractivity contribution in [3.63, 3.8) is 0 Å². The summed E-state index contributed by atoms with van der Waals surface area (Å²) in [5.41, 5.74) is -0.0268. The molecule has 0 bridgehead atoms. The number of nitrogens with one attached hydrogen (secondary N) is 2. The third-order valence-corrected chi connectivity index (χ3v) is 3.10. The number of aromatic nitrogens is 1. The first-order chi connectivity index (χ1) is 10.5. The molecule has 0 aliphatic heterocycles. The summed E-state index contributed by atoms with van der Waals surface area (Å²) in [5, 5.41) is 6.38. The van der Waals surface area contributed by atoms with Gasteiger partial charge in [0.15, 0.2) is 5.96 Å². The Morgan fingerprint density at radius 1 is 1.32 bits per heavy atom. The maximum Gasteiger partial charge on any atom is 0.213 e. The summed E-state index contributed by atoms with van der Waals surface area (Å²) >= 11 is 0. The standard InChI is InChI=1S/C16H30N4O2/c1-6-7-9-21-10-8-18-15(17-5)20-12-14-19-11-13(22-14)16(2,3)4/h11H,6-10,12H2,1-5H3,(H2,17,18,20). The van der Waals surface area contributed by atoms with E-state index in [1.807, 2.05) is 0 Å². The molecule has 22 heavy (non-hydrogen) atoms. The van der Waals surface area contributed by atoms with Crippen molar-refractivity contribution in [1.29, 1.82) is 0 Å². The summed E-state index contributed by atoms with van der Waals surface area (Å²) in [6.07, 6.45) is 4.05. The molecule has 1 aromatic heterocycles. The van der Waals surface area contributed by atoms with Gasteiger partial charge in [0, 0.05) is 25.6 Å². The molecule has 1 aromatic rings. The molecule has 0 amide bonds. The van der Waals surface area contributed by atoms with E-state index in [1.54, 1.807) is 13.2 Å². The Labute approximate surface area is 133 Å². The van der Waals surface area contributed by atoms with Gasteiger partial charge < -0.3 is 19.8 Å². The summed E-state index contributed by atoms with van der Waals surface area (Å²) in [4.78, 5) is 8.44. The molecule has 0 radical (unpaired) electrons. The second kappa shape index (κ2) is 9.46. The second-order valence-electron chi connectivity index (χ2n) is 6.19. The molecule has 1 heterocycles. The molecule has 0 fully saturated rings. The average Bonchev–Trinajstić information content (AvgIpc) is 2.95. The molecule has 0 atom stereocenters. The van der Waals surface area contributed by atoms with Gasteiger partial charge in [0.05, 0.1) is 19.3 Å². The second-order valence-corrected chi connectivity index (χ2v) is 6.19. The Morgan fingerprint density at radius 2 is 2.09 bits per heavy atom. The molecule has 126 valence electrons. The van der Waals surface area contributed by atoms with Crippen molar-refractivity contribution in [3.05, 3.63) is 17.8 Å². The zero-order chi connectivity index (χ0) is 16.4. The fourth-order valence-corrected chi connectivity index (χ4v) is 1.71. The van der Waals surface area contributed by atoms with E-state index in [2.05, 4.69) is 48.3 Å². The van der Waals surface area contributed by atoms with E-state index in [1.165, 1.54) is 0 Å². The van der Waals surface area contributed by atoms with E-state index in [-0.39, 0.29) is 5.41 Å². The number of rotatable bonds is 8. The van der Waals surface area contributed by atoms with Gasteiger partial charge in [0.1, 0.15) is 5.76 Å². The predicted molar refractivity (Wildman–Crippen MR) is 89.1 cm³/mol. The minimum Gasteiger partial charge on any atom is -0.443 e. The summed E-state index contributed by atoms with van der Waals surface area (Å²) in [6.45, 7) is 11.2. The topological polar surface area (TPSA) is 71.7 Å². The number of hydrogen-bond acceptors (Lipinski definition) is 4. The van der Waals surface area contributed by atoms with Gasteiger partial charge in [-0.2, -0.15) is 0 Å².